The third kappa shape index (κ3) is 4.76. The van der Waals surface area contributed by atoms with Gasteiger partial charge in [-0.1, -0.05) is 0 Å². The number of carboxylic acid groups (broad SMARTS) is 1. The highest BCUT2D eigenvalue weighted by Gasteiger charge is 2.31. The number of sulfonamides is 1. The maximum Gasteiger partial charge on any atom is 0.323 e. The Labute approximate surface area is 198 Å². The minimum absolute atomic E-state index is 0.00428. The number of fused-ring (bicyclic) bond motifs is 1. The molecule has 0 radical (unpaired) electrons. The fraction of sp³-hybridized carbons (Fsp3) is 0.375. The molecule has 10 heteroatoms. The summed E-state index contributed by atoms with van der Waals surface area (Å²) in [5.74, 6) is -0.322. The van der Waals surface area contributed by atoms with Gasteiger partial charge < -0.3 is 14.4 Å². The molecule has 4 rings (SSSR count). The molecule has 1 aliphatic rings. The molecule has 2 aromatic heterocycles. The number of hydrogen-bond donors (Lipinski definition) is 1. The Morgan fingerprint density at radius 3 is 2.47 bits per heavy atom. The number of rotatable bonds is 7. The first kappa shape index (κ1) is 23.7. The van der Waals surface area contributed by atoms with E-state index in [0.717, 1.165) is 10.9 Å². The highest BCUT2D eigenvalue weighted by Crippen LogP contribution is 2.35. The van der Waals surface area contributed by atoms with Gasteiger partial charge in [0, 0.05) is 24.7 Å². The third-order valence-corrected chi connectivity index (χ3v) is 7.81. The lowest BCUT2D eigenvalue weighted by molar-refractivity contribution is -0.137. The highest BCUT2D eigenvalue weighted by molar-refractivity contribution is 7.89. The van der Waals surface area contributed by atoms with Crippen molar-refractivity contribution in [3.05, 3.63) is 53.9 Å². The van der Waals surface area contributed by atoms with Crippen molar-refractivity contribution in [2.24, 2.45) is 0 Å². The van der Waals surface area contributed by atoms with E-state index in [1.165, 1.54) is 8.87 Å². The predicted octanol–water partition coefficient (Wildman–Crippen LogP) is 3.35. The molecular weight excluding hydrogens is 456 g/mol. The second-order valence-corrected chi connectivity index (χ2v) is 10.5. The van der Waals surface area contributed by atoms with E-state index in [0.29, 0.717) is 37.3 Å². The molecule has 0 aliphatic carbocycles. The zero-order valence-electron chi connectivity index (χ0n) is 19.0. The van der Waals surface area contributed by atoms with E-state index in [9.17, 15) is 23.6 Å². The van der Waals surface area contributed by atoms with E-state index >= 15 is 0 Å². The summed E-state index contributed by atoms with van der Waals surface area (Å²) in [6.07, 6.45) is 2.97. The number of benzene rings is 1. The molecule has 0 spiro atoms. The number of aliphatic carboxylic acids is 1. The van der Waals surface area contributed by atoms with Crippen LogP contribution in [0.4, 0.5) is 0 Å². The molecule has 0 atom stereocenters. The molecular formula is C24H26N4O5S. The summed E-state index contributed by atoms with van der Waals surface area (Å²) in [5, 5.41) is 19.2. The molecule has 1 fully saturated rings. The molecule has 1 aromatic carbocycles. The number of aromatic nitrogens is 2. The predicted molar refractivity (Wildman–Crippen MR) is 125 cm³/mol. The first-order valence-corrected chi connectivity index (χ1v) is 12.5. The number of pyridine rings is 1. The van der Waals surface area contributed by atoms with Crippen molar-refractivity contribution >= 4 is 27.0 Å². The van der Waals surface area contributed by atoms with Gasteiger partial charge in [-0.05, 0) is 74.6 Å². The smallest absolute Gasteiger partial charge is 0.323 e. The number of nitriles is 1. The Morgan fingerprint density at radius 1 is 1.21 bits per heavy atom. The van der Waals surface area contributed by atoms with Crippen LogP contribution >= 0.6 is 0 Å². The van der Waals surface area contributed by atoms with E-state index in [-0.39, 0.29) is 29.2 Å². The van der Waals surface area contributed by atoms with Crippen LogP contribution in [-0.2, 0) is 21.4 Å². The molecule has 1 N–H and O–H groups in total. The Balaban J connectivity index is 1.53. The lowest BCUT2D eigenvalue weighted by Gasteiger charge is -2.31. The van der Waals surface area contributed by atoms with E-state index in [1.54, 1.807) is 42.6 Å². The van der Waals surface area contributed by atoms with Crippen molar-refractivity contribution in [2.45, 2.75) is 50.2 Å². The van der Waals surface area contributed by atoms with Gasteiger partial charge in [0.2, 0.25) is 10.0 Å². The molecule has 0 saturated carbocycles. The van der Waals surface area contributed by atoms with Crippen LogP contribution in [0.2, 0.25) is 0 Å². The van der Waals surface area contributed by atoms with Gasteiger partial charge in [0.05, 0.1) is 11.0 Å². The van der Waals surface area contributed by atoms with E-state index in [2.05, 4.69) is 4.98 Å². The van der Waals surface area contributed by atoms with Crippen molar-refractivity contribution in [1.29, 1.82) is 5.26 Å². The Morgan fingerprint density at radius 2 is 1.88 bits per heavy atom. The minimum atomic E-state index is -3.63. The molecule has 9 nitrogen and oxygen atoms in total. The second kappa shape index (κ2) is 9.44. The molecule has 0 amide bonds. The number of hydrogen-bond acceptors (Lipinski definition) is 6. The van der Waals surface area contributed by atoms with E-state index < -0.39 is 16.0 Å². The fourth-order valence-corrected chi connectivity index (χ4v) is 5.83. The van der Waals surface area contributed by atoms with Crippen LogP contribution < -0.4 is 4.74 Å². The van der Waals surface area contributed by atoms with Gasteiger partial charge in [0.15, 0.2) is 0 Å². The third-order valence-electron chi connectivity index (χ3n) is 5.90. The van der Waals surface area contributed by atoms with Crippen LogP contribution in [0.15, 0.2) is 47.5 Å². The van der Waals surface area contributed by atoms with Crippen LogP contribution in [0.5, 0.6) is 5.75 Å². The molecule has 34 heavy (non-hydrogen) atoms. The molecule has 3 aromatic rings. The second-order valence-electron chi connectivity index (χ2n) is 8.60. The largest absolute Gasteiger partial charge is 0.491 e. The highest BCUT2D eigenvalue weighted by atomic mass is 32.2. The molecule has 1 aliphatic heterocycles. The summed E-state index contributed by atoms with van der Waals surface area (Å²) < 4.78 is 34.9. The molecule has 0 bridgehead atoms. The number of carboxylic acids is 1. The summed E-state index contributed by atoms with van der Waals surface area (Å²) in [5.41, 5.74) is 1.60. The van der Waals surface area contributed by atoms with Gasteiger partial charge in [-0.3, -0.25) is 4.79 Å². The average Bonchev–Trinajstić information content (AvgIpc) is 3.16. The van der Waals surface area contributed by atoms with Crippen molar-refractivity contribution in [3.8, 4) is 11.8 Å². The summed E-state index contributed by atoms with van der Waals surface area (Å²) >= 11 is 0. The van der Waals surface area contributed by atoms with E-state index in [1.807, 2.05) is 19.9 Å². The maximum absolute atomic E-state index is 13.1. The summed E-state index contributed by atoms with van der Waals surface area (Å²) in [7, 11) is -3.63. The quantitative estimate of drug-likeness (QED) is 0.547. The van der Waals surface area contributed by atoms with Gasteiger partial charge in [0.1, 0.15) is 29.7 Å². The molecule has 1 saturated heterocycles. The van der Waals surface area contributed by atoms with Crippen molar-refractivity contribution in [2.75, 3.05) is 13.1 Å². The van der Waals surface area contributed by atoms with Crippen molar-refractivity contribution in [3.63, 3.8) is 0 Å². The van der Waals surface area contributed by atoms with Gasteiger partial charge >= 0.3 is 5.97 Å². The number of piperidine rings is 1. The monoisotopic (exact) mass is 482 g/mol. The zero-order valence-corrected chi connectivity index (χ0v) is 19.8. The number of ether oxygens (including phenoxy) is 1. The average molecular weight is 483 g/mol. The Kier molecular flexibility index (Phi) is 6.59. The minimum Gasteiger partial charge on any atom is -0.491 e. The maximum atomic E-state index is 13.1. The van der Waals surface area contributed by atoms with E-state index in [4.69, 9.17) is 4.74 Å². The lowest BCUT2D eigenvalue weighted by atomic mass is 9.90. The van der Waals surface area contributed by atoms with Crippen LogP contribution in [0.3, 0.4) is 0 Å². The molecule has 178 valence electrons. The SMILES string of the molecule is CC(C)Oc1ccc(S(=O)(=O)N2CCC(c3cn(CC(=O)O)c4nc(C#N)ccc34)CC2)cc1. The van der Waals surface area contributed by atoms with Gasteiger partial charge in [0.25, 0.3) is 0 Å². The van der Waals surface area contributed by atoms with Crippen molar-refractivity contribution in [1.82, 2.24) is 13.9 Å². The molecule has 0 unspecified atom stereocenters. The Bertz CT molecular complexity index is 1350. The first-order chi connectivity index (χ1) is 16.2. The van der Waals surface area contributed by atoms with Crippen LogP contribution in [0, 0.1) is 11.3 Å². The summed E-state index contributed by atoms with van der Waals surface area (Å²) in [4.78, 5) is 15.9. The van der Waals surface area contributed by atoms with Gasteiger partial charge in [-0.2, -0.15) is 9.57 Å². The van der Waals surface area contributed by atoms with Gasteiger partial charge in [-0.15, -0.1) is 0 Å². The number of nitrogens with zero attached hydrogens (tertiary/aromatic N) is 4. The van der Waals surface area contributed by atoms with Crippen LogP contribution in [-0.4, -0.2) is 52.5 Å². The standard InChI is InChI=1S/C24H26N4O5S/c1-16(2)33-19-4-6-20(7-5-19)34(31,32)28-11-9-17(10-12-28)22-14-27(15-23(29)30)24-21(22)8-3-18(13-25)26-24/h3-8,14,16-17H,9-12,15H2,1-2H3,(H,29,30). The summed E-state index contributed by atoms with van der Waals surface area (Å²) in [6.45, 7) is 4.26. The number of carbonyl (C=O) groups is 1. The Hall–Kier alpha value is -3.42. The fourth-order valence-electron chi connectivity index (χ4n) is 4.36. The van der Waals surface area contributed by atoms with Crippen molar-refractivity contribution < 1.29 is 23.1 Å². The zero-order chi connectivity index (χ0) is 24.5. The normalized spacial score (nSPS) is 15.5. The van der Waals surface area contributed by atoms with Crippen LogP contribution in [0.1, 0.15) is 43.9 Å². The molecule has 3 heterocycles. The lowest BCUT2D eigenvalue weighted by Crippen LogP contribution is -2.37. The summed E-state index contributed by atoms with van der Waals surface area (Å²) in [6, 6.07) is 11.9. The first-order valence-electron chi connectivity index (χ1n) is 11.1. The van der Waals surface area contributed by atoms with Crippen LogP contribution in [0.25, 0.3) is 11.0 Å². The topological polar surface area (TPSA) is 126 Å². The van der Waals surface area contributed by atoms with Gasteiger partial charge in [-0.25, -0.2) is 13.4 Å².